The highest BCUT2D eigenvalue weighted by Gasteiger charge is 2.53. The Morgan fingerprint density at radius 3 is 2.32 bits per heavy atom. The van der Waals surface area contributed by atoms with Crippen LogP contribution in [0.25, 0.3) is 0 Å². The molecule has 1 aliphatic carbocycles. The zero-order valence-electron chi connectivity index (χ0n) is 42.5. The maximum Gasteiger partial charge on any atom is 0.329 e. The average molecular weight is 966 g/mol. The van der Waals surface area contributed by atoms with Crippen molar-refractivity contribution in [1.82, 2.24) is 25.1 Å². The molecule has 4 aliphatic rings. The molecular weight excluding hydrogens is 887 g/mol. The largest absolute Gasteiger partial charge is 0.460 e. The van der Waals surface area contributed by atoms with Crippen LogP contribution in [0.1, 0.15) is 132 Å². The normalized spacial score (nSPS) is 38.8. The van der Waals surface area contributed by atoms with Gasteiger partial charge in [-0.3, -0.25) is 19.2 Å². The number of carbonyl (C=O) groups excluding carboxylic acids is 5. The van der Waals surface area contributed by atoms with Crippen LogP contribution in [0, 0.1) is 35.5 Å². The van der Waals surface area contributed by atoms with E-state index in [2.05, 4.69) is 15.4 Å². The zero-order chi connectivity index (χ0) is 50.6. The Labute approximate surface area is 408 Å². The first-order chi connectivity index (χ1) is 32.8. The Balaban J connectivity index is 1.46. The molecule has 3 aliphatic heterocycles. The number of aliphatic hydroxyl groups is 2. The molecule has 0 spiro atoms. The van der Waals surface area contributed by atoms with Gasteiger partial charge in [0, 0.05) is 58.5 Å². The number of aromatic nitrogens is 4. The van der Waals surface area contributed by atoms with Crippen molar-refractivity contribution in [3.63, 3.8) is 0 Å². The SMILES string of the molecule is COC1CC2CCC(C)C(O)(O2)C(=O)C(=O)N2CCCCC2C(=O)O[C@H](C(C)CC2CCC(n3ncnn3)C(OC)C2)CC(=O)C(C)/C=C(\C)C(O)C(OC)C(=O)C(C)CC(C)/C=C/C=C/C=C/1C. The van der Waals surface area contributed by atoms with Crippen molar-refractivity contribution in [2.24, 2.45) is 35.5 Å². The van der Waals surface area contributed by atoms with Gasteiger partial charge in [-0.1, -0.05) is 71.1 Å². The third-order valence-corrected chi connectivity index (χ3v) is 15.1. The van der Waals surface area contributed by atoms with Crippen molar-refractivity contribution in [3.8, 4) is 0 Å². The Hall–Kier alpha value is -4.26. The van der Waals surface area contributed by atoms with Gasteiger partial charge in [0.15, 0.2) is 12.1 Å². The van der Waals surface area contributed by atoms with E-state index in [9.17, 15) is 34.2 Å². The molecule has 0 aromatic carbocycles. The molecule has 15 atom stereocenters. The first-order valence-corrected chi connectivity index (χ1v) is 25.0. The second-order valence-corrected chi connectivity index (χ2v) is 20.3. The van der Waals surface area contributed by atoms with Crippen molar-refractivity contribution < 1.29 is 57.9 Å². The molecule has 14 unspecified atom stereocenters. The zero-order valence-corrected chi connectivity index (χ0v) is 42.5. The lowest BCUT2D eigenvalue weighted by molar-refractivity contribution is -0.265. The highest BCUT2D eigenvalue weighted by atomic mass is 16.6. The van der Waals surface area contributed by atoms with Crippen molar-refractivity contribution >= 4 is 29.2 Å². The second-order valence-electron chi connectivity index (χ2n) is 20.3. The minimum absolute atomic E-state index is 0.0168. The number of rotatable bonds is 7. The first-order valence-electron chi connectivity index (χ1n) is 25.0. The van der Waals surface area contributed by atoms with E-state index in [-0.39, 0.29) is 60.9 Å². The highest BCUT2D eigenvalue weighted by molar-refractivity contribution is 6.39. The van der Waals surface area contributed by atoms with Crippen LogP contribution >= 0.6 is 0 Å². The molecule has 2 bridgehead atoms. The minimum atomic E-state index is -2.43. The number of fused-ring (bicyclic) bond motifs is 3. The topological polar surface area (TPSA) is 219 Å². The predicted molar refractivity (Wildman–Crippen MR) is 256 cm³/mol. The fraction of sp³-hybridized carbons (Fsp3) is 0.731. The third-order valence-electron chi connectivity index (χ3n) is 15.1. The van der Waals surface area contributed by atoms with Crippen LogP contribution in [-0.4, -0.2) is 141 Å². The number of cyclic esters (lactones) is 1. The summed E-state index contributed by atoms with van der Waals surface area (Å²) in [5.41, 5.74) is 1.27. The molecule has 4 heterocycles. The van der Waals surface area contributed by atoms with Gasteiger partial charge in [-0.15, -0.1) is 10.2 Å². The van der Waals surface area contributed by atoms with E-state index in [1.54, 1.807) is 45.9 Å². The summed E-state index contributed by atoms with van der Waals surface area (Å²) in [4.78, 5) is 73.9. The number of tetrazole rings is 1. The number of aliphatic hydroxyl groups excluding tert-OH is 1. The Morgan fingerprint density at radius 1 is 0.884 bits per heavy atom. The summed E-state index contributed by atoms with van der Waals surface area (Å²) in [6, 6.07) is -1.24. The number of Topliss-reactive ketones (excluding diaryl/α,β-unsaturated/α-hetero) is 3. The Morgan fingerprint density at radius 2 is 1.64 bits per heavy atom. The number of ether oxygens (including phenoxy) is 5. The van der Waals surface area contributed by atoms with E-state index in [0.717, 1.165) is 18.4 Å². The third kappa shape index (κ3) is 14.2. The molecule has 17 heteroatoms. The molecule has 3 fully saturated rings. The number of nitrogens with zero attached hydrogens (tertiary/aromatic N) is 5. The van der Waals surface area contributed by atoms with Gasteiger partial charge in [0.05, 0.1) is 24.4 Å². The highest BCUT2D eigenvalue weighted by Crippen LogP contribution is 2.39. The fourth-order valence-electron chi connectivity index (χ4n) is 10.7. The summed E-state index contributed by atoms with van der Waals surface area (Å²) in [7, 11) is 4.61. The van der Waals surface area contributed by atoms with Crippen LogP contribution < -0.4 is 0 Å². The minimum Gasteiger partial charge on any atom is -0.460 e. The molecule has 1 aromatic rings. The standard InChI is InChI=1S/C52H79N5O12/c1-31-16-12-11-13-17-32(2)43(65-8)28-39-21-19-37(7)52(64,69-39)49(61)50(62)56-23-15-14-18-41(56)51(63)68-44(34(4)26-38-20-22-40(45(27-38)66-9)57-54-30-53-55-57)29-42(58)33(3)25-36(6)47(60)48(67-10)46(59)35(5)24-31/h11-13,16-17,25,30-31,33-35,37-41,43-45,47-48,60,64H,14-15,18-24,26-29H2,1-10H3/b13-11+,16-12+,32-17+,36-25+/t31?,33?,34?,35?,37?,38?,39?,40?,41?,43?,44-,45?,47?,48?,52?/m0/s1. The predicted octanol–water partition coefficient (Wildman–Crippen LogP) is 6.05. The van der Waals surface area contributed by atoms with E-state index in [4.69, 9.17) is 23.7 Å². The summed E-state index contributed by atoms with van der Waals surface area (Å²) in [5, 5.41) is 35.7. The molecule has 1 saturated carbocycles. The summed E-state index contributed by atoms with van der Waals surface area (Å²) >= 11 is 0. The average Bonchev–Trinajstić information content (AvgIpc) is 3.88. The molecule has 17 nitrogen and oxygen atoms in total. The first kappa shape index (κ1) is 55.7. The van der Waals surface area contributed by atoms with Crippen LogP contribution in [-0.2, 0) is 47.7 Å². The van der Waals surface area contributed by atoms with E-state index in [0.29, 0.717) is 56.9 Å². The van der Waals surface area contributed by atoms with Gasteiger partial charge >= 0.3 is 5.97 Å². The molecule has 5 rings (SSSR count). The number of methoxy groups -OCH3 is 3. The van der Waals surface area contributed by atoms with Gasteiger partial charge < -0.3 is 38.8 Å². The van der Waals surface area contributed by atoms with E-state index in [1.807, 2.05) is 58.1 Å². The summed E-state index contributed by atoms with van der Waals surface area (Å²) < 4.78 is 29.9. The van der Waals surface area contributed by atoms with Gasteiger partial charge in [-0.05, 0) is 112 Å². The lowest BCUT2D eigenvalue weighted by Crippen LogP contribution is -2.61. The Kier molecular flexibility index (Phi) is 20.8. The number of esters is 1. The van der Waals surface area contributed by atoms with Crippen molar-refractivity contribution in [1.29, 1.82) is 0 Å². The quantitative estimate of drug-likeness (QED) is 0.181. The Bertz CT molecular complexity index is 2020. The van der Waals surface area contributed by atoms with Crippen LogP contribution in [0.2, 0.25) is 0 Å². The second kappa shape index (κ2) is 25.7. The van der Waals surface area contributed by atoms with Gasteiger partial charge in [-0.2, -0.15) is 4.80 Å². The van der Waals surface area contributed by atoms with Gasteiger partial charge in [-0.25, -0.2) is 4.79 Å². The molecule has 1 amide bonds. The molecular formula is C52H79N5O12. The maximum atomic E-state index is 14.5. The van der Waals surface area contributed by atoms with Gasteiger partial charge in [0.25, 0.3) is 11.7 Å². The van der Waals surface area contributed by atoms with Crippen molar-refractivity contribution in [3.05, 3.63) is 53.9 Å². The number of allylic oxidation sites excluding steroid dienone is 6. The maximum absolute atomic E-state index is 14.5. The van der Waals surface area contributed by atoms with Crippen LogP contribution in [0.3, 0.4) is 0 Å². The number of hydrogen-bond donors (Lipinski definition) is 2. The number of amides is 1. The number of hydrogen-bond acceptors (Lipinski definition) is 15. The lowest BCUT2D eigenvalue weighted by Gasteiger charge is -2.42. The number of carbonyl (C=O) groups is 5. The van der Waals surface area contributed by atoms with E-state index in [1.165, 1.54) is 18.3 Å². The molecule has 384 valence electrons. The van der Waals surface area contributed by atoms with Crippen LogP contribution in [0.5, 0.6) is 0 Å². The molecule has 1 aromatic heterocycles. The lowest BCUT2D eigenvalue weighted by atomic mass is 9.77. The van der Waals surface area contributed by atoms with Crippen LogP contribution in [0.4, 0.5) is 0 Å². The smallest absolute Gasteiger partial charge is 0.329 e. The van der Waals surface area contributed by atoms with E-state index >= 15 is 0 Å². The van der Waals surface area contributed by atoms with E-state index < -0.39 is 77.8 Å². The van der Waals surface area contributed by atoms with Crippen molar-refractivity contribution in [2.75, 3.05) is 27.9 Å². The summed E-state index contributed by atoms with van der Waals surface area (Å²) in [5.74, 6) is -7.94. The summed E-state index contributed by atoms with van der Waals surface area (Å²) in [6.45, 7) is 12.8. The molecule has 2 saturated heterocycles. The summed E-state index contributed by atoms with van der Waals surface area (Å²) in [6.07, 6.45) is 13.7. The fourth-order valence-corrected chi connectivity index (χ4v) is 10.7. The van der Waals surface area contributed by atoms with Crippen molar-refractivity contribution in [2.45, 2.75) is 180 Å². The number of piperidine rings is 1. The van der Waals surface area contributed by atoms with Gasteiger partial charge in [0.1, 0.15) is 30.1 Å². The molecule has 2 N–H and O–H groups in total. The molecule has 69 heavy (non-hydrogen) atoms. The van der Waals surface area contributed by atoms with Crippen LogP contribution in [0.15, 0.2) is 53.9 Å². The monoisotopic (exact) mass is 966 g/mol. The van der Waals surface area contributed by atoms with Gasteiger partial charge in [0.2, 0.25) is 5.79 Å². The molecule has 0 radical (unpaired) electrons. The number of ketones is 3.